The van der Waals surface area contributed by atoms with Crippen molar-refractivity contribution in [3.05, 3.63) is 60.0 Å². The van der Waals surface area contributed by atoms with Crippen LogP contribution >= 0.6 is 0 Å². The minimum absolute atomic E-state index is 0.289. The number of ether oxygens (including phenoxy) is 2. The van der Waals surface area contributed by atoms with E-state index in [-0.39, 0.29) is 5.89 Å². The van der Waals surface area contributed by atoms with Crippen molar-refractivity contribution in [3.8, 4) is 11.5 Å². The number of oxazole rings is 1. The normalized spacial score (nSPS) is 10.7. The summed E-state index contributed by atoms with van der Waals surface area (Å²) in [5.41, 5.74) is 6.22. The number of para-hydroxylation sites is 2. The van der Waals surface area contributed by atoms with E-state index in [1.807, 2.05) is 12.1 Å². The highest BCUT2D eigenvalue weighted by Gasteiger charge is 2.11. The van der Waals surface area contributed by atoms with Crippen molar-refractivity contribution in [1.82, 2.24) is 15.8 Å². The Morgan fingerprint density at radius 1 is 1.04 bits per heavy atom. The standard InChI is InChI=1S/C19H17N3O5/c1-25-15-8-7-12(11-16(15)26-2)19(24)22-21-17(23)9-10-18-20-13-5-3-4-6-14(13)27-18/h3-11H,1-2H3,(H,21,23)(H,22,24)/b10-9+. The van der Waals surface area contributed by atoms with Crippen LogP contribution in [0, 0.1) is 0 Å². The van der Waals surface area contributed by atoms with Gasteiger partial charge < -0.3 is 13.9 Å². The van der Waals surface area contributed by atoms with E-state index in [1.54, 1.807) is 24.3 Å². The van der Waals surface area contributed by atoms with E-state index in [0.717, 1.165) is 0 Å². The fourth-order valence-electron chi connectivity index (χ4n) is 2.32. The first-order valence-electron chi connectivity index (χ1n) is 7.96. The quantitative estimate of drug-likeness (QED) is 0.530. The predicted molar refractivity (Wildman–Crippen MR) is 98.2 cm³/mol. The van der Waals surface area contributed by atoms with E-state index in [9.17, 15) is 9.59 Å². The number of fused-ring (bicyclic) bond motifs is 1. The Hall–Kier alpha value is -3.81. The fraction of sp³-hybridized carbons (Fsp3) is 0.105. The van der Waals surface area contributed by atoms with Gasteiger partial charge in [0.25, 0.3) is 11.8 Å². The Labute approximate surface area is 154 Å². The number of hydrogen-bond acceptors (Lipinski definition) is 6. The predicted octanol–water partition coefficient (Wildman–Crippen LogP) is 2.32. The zero-order valence-corrected chi connectivity index (χ0v) is 14.7. The second-order valence-electron chi connectivity index (χ2n) is 5.37. The molecule has 3 rings (SSSR count). The molecule has 2 amide bonds. The molecule has 0 radical (unpaired) electrons. The summed E-state index contributed by atoms with van der Waals surface area (Å²) in [6.45, 7) is 0. The number of nitrogens with one attached hydrogen (secondary N) is 2. The molecule has 1 aromatic heterocycles. The lowest BCUT2D eigenvalue weighted by Gasteiger charge is -2.10. The van der Waals surface area contributed by atoms with E-state index in [1.165, 1.54) is 32.4 Å². The molecule has 1 heterocycles. The molecular formula is C19H17N3O5. The zero-order valence-electron chi connectivity index (χ0n) is 14.7. The molecule has 0 unspecified atom stereocenters. The molecule has 0 bridgehead atoms. The SMILES string of the molecule is COc1ccc(C(=O)NNC(=O)/C=C/c2nc3ccccc3o2)cc1OC. The second kappa shape index (κ2) is 8.05. The number of amides is 2. The Kier molecular flexibility index (Phi) is 5.36. The maximum Gasteiger partial charge on any atom is 0.269 e. The molecule has 0 aliphatic carbocycles. The third kappa shape index (κ3) is 4.24. The van der Waals surface area contributed by atoms with Gasteiger partial charge >= 0.3 is 0 Å². The van der Waals surface area contributed by atoms with Crippen molar-refractivity contribution in [2.45, 2.75) is 0 Å². The smallest absolute Gasteiger partial charge is 0.269 e. The topological polar surface area (TPSA) is 103 Å². The average Bonchev–Trinajstić information content (AvgIpc) is 3.12. The second-order valence-corrected chi connectivity index (χ2v) is 5.37. The third-order valence-electron chi connectivity index (χ3n) is 3.63. The first-order chi connectivity index (χ1) is 13.1. The van der Waals surface area contributed by atoms with Crippen LogP contribution in [-0.4, -0.2) is 31.0 Å². The molecule has 0 aliphatic rings. The molecule has 138 valence electrons. The van der Waals surface area contributed by atoms with Crippen LogP contribution < -0.4 is 20.3 Å². The summed E-state index contributed by atoms with van der Waals surface area (Å²) in [6.07, 6.45) is 2.62. The van der Waals surface area contributed by atoms with E-state index >= 15 is 0 Å². The fourth-order valence-corrected chi connectivity index (χ4v) is 2.32. The van der Waals surface area contributed by atoms with E-state index in [4.69, 9.17) is 13.9 Å². The van der Waals surface area contributed by atoms with Gasteiger partial charge in [0.05, 0.1) is 14.2 Å². The van der Waals surface area contributed by atoms with E-state index in [2.05, 4.69) is 15.8 Å². The van der Waals surface area contributed by atoms with Gasteiger partial charge in [-0.3, -0.25) is 20.4 Å². The molecule has 3 aromatic rings. The van der Waals surface area contributed by atoms with Crippen LogP contribution in [0.2, 0.25) is 0 Å². The number of aromatic nitrogens is 1. The summed E-state index contributed by atoms with van der Waals surface area (Å²) in [5, 5.41) is 0. The number of hydrogen-bond donors (Lipinski definition) is 2. The number of rotatable bonds is 5. The van der Waals surface area contributed by atoms with Gasteiger partial charge in [-0.15, -0.1) is 0 Å². The van der Waals surface area contributed by atoms with Crippen LogP contribution in [0.15, 0.2) is 53.0 Å². The number of carbonyl (C=O) groups is 2. The Morgan fingerprint density at radius 3 is 2.56 bits per heavy atom. The van der Waals surface area contributed by atoms with Crippen LogP contribution in [0.1, 0.15) is 16.2 Å². The highest BCUT2D eigenvalue weighted by molar-refractivity contribution is 5.98. The third-order valence-corrected chi connectivity index (χ3v) is 3.63. The zero-order chi connectivity index (χ0) is 19.2. The van der Waals surface area contributed by atoms with Gasteiger partial charge in [0.2, 0.25) is 5.89 Å². The minimum atomic E-state index is -0.536. The summed E-state index contributed by atoms with van der Waals surface area (Å²) in [5.74, 6) is 0.162. The van der Waals surface area contributed by atoms with Crippen LogP contribution in [-0.2, 0) is 4.79 Å². The summed E-state index contributed by atoms with van der Waals surface area (Å²) in [4.78, 5) is 28.2. The Bertz CT molecular complexity index is 977. The highest BCUT2D eigenvalue weighted by Crippen LogP contribution is 2.27. The number of carbonyl (C=O) groups excluding carboxylic acids is 2. The van der Waals surface area contributed by atoms with E-state index < -0.39 is 11.8 Å². The van der Waals surface area contributed by atoms with Gasteiger partial charge in [0.1, 0.15) is 5.52 Å². The van der Waals surface area contributed by atoms with Crippen LogP contribution in [0.5, 0.6) is 11.5 Å². The molecule has 2 aromatic carbocycles. The largest absolute Gasteiger partial charge is 0.493 e. The Morgan fingerprint density at radius 2 is 1.81 bits per heavy atom. The van der Waals surface area contributed by atoms with Gasteiger partial charge in [-0.1, -0.05) is 12.1 Å². The number of benzene rings is 2. The lowest BCUT2D eigenvalue weighted by atomic mass is 10.2. The average molecular weight is 367 g/mol. The maximum absolute atomic E-state index is 12.1. The molecule has 0 atom stereocenters. The molecule has 0 saturated heterocycles. The van der Waals surface area contributed by atoms with Gasteiger partial charge in [0, 0.05) is 17.7 Å². The van der Waals surface area contributed by atoms with Crippen molar-refractivity contribution >= 4 is 29.0 Å². The number of hydrazine groups is 1. The number of methoxy groups -OCH3 is 2. The van der Waals surface area contributed by atoms with Crippen molar-refractivity contribution in [2.24, 2.45) is 0 Å². The monoisotopic (exact) mass is 367 g/mol. The van der Waals surface area contributed by atoms with Crippen LogP contribution in [0.25, 0.3) is 17.2 Å². The lowest BCUT2D eigenvalue weighted by molar-refractivity contribution is -0.117. The summed E-state index contributed by atoms with van der Waals surface area (Å²) in [7, 11) is 2.97. The van der Waals surface area contributed by atoms with Crippen molar-refractivity contribution in [3.63, 3.8) is 0 Å². The summed E-state index contributed by atoms with van der Waals surface area (Å²) in [6, 6.07) is 11.9. The maximum atomic E-state index is 12.1. The molecule has 8 heteroatoms. The molecule has 0 aliphatic heterocycles. The van der Waals surface area contributed by atoms with Crippen molar-refractivity contribution in [2.75, 3.05) is 14.2 Å². The van der Waals surface area contributed by atoms with Crippen LogP contribution in [0.3, 0.4) is 0 Å². The Balaban J connectivity index is 1.59. The number of nitrogens with zero attached hydrogens (tertiary/aromatic N) is 1. The molecule has 27 heavy (non-hydrogen) atoms. The van der Waals surface area contributed by atoms with Crippen molar-refractivity contribution < 1.29 is 23.5 Å². The van der Waals surface area contributed by atoms with Crippen molar-refractivity contribution in [1.29, 1.82) is 0 Å². The summed E-state index contributed by atoms with van der Waals surface area (Å²) < 4.78 is 15.7. The molecule has 8 nitrogen and oxygen atoms in total. The van der Waals surface area contributed by atoms with E-state index in [0.29, 0.717) is 28.2 Å². The first-order valence-corrected chi connectivity index (χ1v) is 7.96. The van der Waals surface area contributed by atoms with Crippen LogP contribution in [0.4, 0.5) is 0 Å². The van der Waals surface area contributed by atoms with Gasteiger partial charge in [-0.05, 0) is 30.3 Å². The molecular weight excluding hydrogens is 350 g/mol. The molecule has 0 saturated carbocycles. The molecule has 2 N–H and O–H groups in total. The summed E-state index contributed by atoms with van der Waals surface area (Å²) >= 11 is 0. The van der Waals surface area contributed by atoms with Gasteiger partial charge in [0.15, 0.2) is 17.1 Å². The lowest BCUT2D eigenvalue weighted by Crippen LogP contribution is -2.40. The molecule has 0 fully saturated rings. The highest BCUT2D eigenvalue weighted by atomic mass is 16.5. The van der Waals surface area contributed by atoms with Gasteiger partial charge in [-0.25, -0.2) is 4.98 Å². The first kappa shape index (κ1) is 18.0. The van der Waals surface area contributed by atoms with Gasteiger partial charge in [-0.2, -0.15) is 0 Å². The molecule has 0 spiro atoms. The minimum Gasteiger partial charge on any atom is -0.493 e.